The summed E-state index contributed by atoms with van der Waals surface area (Å²) < 4.78 is 4.85. The fourth-order valence-corrected chi connectivity index (χ4v) is 2.29. The van der Waals surface area contributed by atoms with E-state index < -0.39 is 0 Å². The standard InChI is InChI=1S/C14H28N2O2/c1-10(2)15-13(14(17)18-5)8-9-16(4)11(3)12-6-7-12/h10-13,15H,6-9H2,1-5H3. The molecule has 1 rings (SSSR count). The van der Waals surface area contributed by atoms with E-state index in [0.29, 0.717) is 12.1 Å². The van der Waals surface area contributed by atoms with Crippen molar-refractivity contribution >= 4 is 5.97 Å². The molecule has 0 heterocycles. The van der Waals surface area contributed by atoms with Crippen LogP contribution in [0.5, 0.6) is 0 Å². The van der Waals surface area contributed by atoms with Crippen molar-refractivity contribution in [2.75, 3.05) is 20.7 Å². The van der Waals surface area contributed by atoms with Crippen LogP contribution in [0.1, 0.15) is 40.0 Å². The lowest BCUT2D eigenvalue weighted by Gasteiger charge is -2.27. The number of hydrogen-bond acceptors (Lipinski definition) is 4. The highest BCUT2D eigenvalue weighted by Crippen LogP contribution is 2.34. The first-order chi connectivity index (χ1) is 8.45. The molecule has 0 aromatic heterocycles. The van der Waals surface area contributed by atoms with Crippen LogP contribution in [0, 0.1) is 5.92 Å². The molecule has 1 saturated carbocycles. The van der Waals surface area contributed by atoms with Crippen LogP contribution in [0.3, 0.4) is 0 Å². The van der Waals surface area contributed by atoms with Crippen molar-refractivity contribution in [3.8, 4) is 0 Å². The van der Waals surface area contributed by atoms with Gasteiger partial charge in [0.05, 0.1) is 7.11 Å². The summed E-state index contributed by atoms with van der Waals surface area (Å²) in [6.45, 7) is 7.30. The molecule has 18 heavy (non-hydrogen) atoms. The van der Waals surface area contributed by atoms with Crippen LogP contribution in [-0.4, -0.2) is 49.7 Å². The lowest BCUT2D eigenvalue weighted by Crippen LogP contribution is -2.44. The number of hydrogen-bond donors (Lipinski definition) is 1. The third-order valence-electron chi connectivity index (χ3n) is 3.79. The SMILES string of the molecule is COC(=O)C(CCN(C)C(C)C1CC1)NC(C)C. The topological polar surface area (TPSA) is 41.6 Å². The van der Waals surface area contributed by atoms with Gasteiger partial charge in [-0.2, -0.15) is 0 Å². The van der Waals surface area contributed by atoms with E-state index in [2.05, 4.69) is 24.2 Å². The average Bonchev–Trinajstić information content (AvgIpc) is 3.15. The van der Waals surface area contributed by atoms with E-state index in [1.807, 2.05) is 13.8 Å². The van der Waals surface area contributed by atoms with Gasteiger partial charge in [0.2, 0.25) is 0 Å². The molecule has 0 aromatic rings. The van der Waals surface area contributed by atoms with Crippen molar-refractivity contribution in [3.05, 3.63) is 0 Å². The van der Waals surface area contributed by atoms with E-state index >= 15 is 0 Å². The molecule has 106 valence electrons. The van der Waals surface area contributed by atoms with Crippen molar-refractivity contribution in [1.82, 2.24) is 10.2 Å². The van der Waals surface area contributed by atoms with Crippen LogP contribution < -0.4 is 5.32 Å². The minimum absolute atomic E-state index is 0.156. The number of nitrogens with zero attached hydrogens (tertiary/aromatic N) is 1. The largest absolute Gasteiger partial charge is 0.468 e. The van der Waals surface area contributed by atoms with Gasteiger partial charge in [0.25, 0.3) is 0 Å². The minimum Gasteiger partial charge on any atom is -0.468 e. The smallest absolute Gasteiger partial charge is 0.322 e. The zero-order valence-electron chi connectivity index (χ0n) is 12.4. The number of nitrogens with one attached hydrogen (secondary N) is 1. The summed E-state index contributed by atoms with van der Waals surface area (Å²) in [7, 11) is 3.60. The van der Waals surface area contributed by atoms with Gasteiger partial charge < -0.3 is 15.0 Å². The van der Waals surface area contributed by atoms with Gasteiger partial charge in [0.1, 0.15) is 6.04 Å². The first kappa shape index (κ1) is 15.4. The molecule has 0 aromatic carbocycles. The van der Waals surface area contributed by atoms with Gasteiger partial charge in [0, 0.05) is 18.6 Å². The van der Waals surface area contributed by atoms with Gasteiger partial charge in [-0.25, -0.2) is 0 Å². The zero-order valence-corrected chi connectivity index (χ0v) is 12.4. The van der Waals surface area contributed by atoms with Gasteiger partial charge in [-0.3, -0.25) is 4.79 Å². The molecule has 0 aliphatic heterocycles. The molecule has 1 fully saturated rings. The predicted octanol–water partition coefficient (Wildman–Crippen LogP) is 1.65. The average molecular weight is 256 g/mol. The molecule has 1 N–H and O–H groups in total. The highest BCUT2D eigenvalue weighted by molar-refractivity contribution is 5.75. The summed E-state index contributed by atoms with van der Waals surface area (Å²) in [5, 5.41) is 3.27. The number of methoxy groups -OCH3 is 1. The van der Waals surface area contributed by atoms with E-state index in [1.54, 1.807) is 0 Å². The molecular formula is C14H28N2O2. The van der Waals surface area contributed by atoms with Crippen molar-refractivity contribution in [1.29, 1.82) is 0 Å². The molecule has 0 amide bonds. The summed E-state index contributed by atoms with van der Waals surface area (Å²) in [6.07, 6.45) is 3.52. The second-order valence-electron chi connectivity index (χ2n) is 5.74. The third kappa shape index (κ3) is 4.94. The molecule has 0 spiro atoms. The summed E-state index contributed by atoms with van der Waals surface area (Å²) in [4.78, 5) is 14.0. The monoisotopic (exact) mass is 256 g/mol. The Morgan fingerprint density at radius 1 is 1.39 bits per heavy atom. The Balaban J connectivity index is 2.37. The Labute approximate surface area is 111 Å². The summed E-state index contributed by atoms with van der Waals surface area (Å²) in [6, 6.07) is 0.728. The van der Waals surface area contributed by atoms with Crippen molar-refractivity contribution in [2.24, 2.45) is 5.92 Å². The first-order valence-electron chi connectivity index (χ1n) is 6.99. The highest BCUT2D eigenvalue weighted by atomic mass is 16.5. The van der Waals surface area contributed by atoms with Crippen LogP contribution in [-0.2, 0) is 9.53 Å². The number of ether oxygens (including phenoxy) is 1. The summed E-state index contributed by atoms with van der Waals surface area (Å²) >= 11 is 0. The molecular weight excluding hydrogens is 228 g/mol. The van der Waals surface area contributed by atoms with Gasteiger partial charge >= 0.3 is 5.97 Å². The third-order valence-corrected chi connectivity index (χ3v) is 3.79. The van der Waals surface area contributed by atoms with E-state index in [-0.39, 0.29) is 12.0 Å². The molecule has 1 aliphatic rings. The molecule has 0 saturated heterocycles. The maximum atomic E-state index is 11.7. The molecule has 1 aliphatic carbocycles. The lowest BCUT2D eigenvalue weighted by atomic mass is 10.1. The zero-order chi connectivity index (χ0) is 13.7. The van der Waals surface area contributed by atoms with Gasteiger partial charge in [-0.05, 0) is 39.2 Å². The molecule has 0 bridgehead atoms. The predicted molar refractivity (Wildman–Crippen MR) is 73.5 cm³/mol. The fourth-order valence-electron chi connectivity index (χ4n) is 2.29. The second-order valence-corrected chi connectivity index (χ2v) is 5.74. The molecule has 4 heteroatoms. The van der Waals surface area contributed by atoms with Gasteiger partial charge in [-0.15, -0.1) is 0 Å². The van der Waals surface area contributed by atoms with Gasteiger partial charge in [0.15, 0.2) is 0 Å². The maximum absolute atomic E-state index is 11.7. The number of esters is 1. The fraction of sp³-hybridized carbons (Fsp3) is 0.929. The molecule has 2 atom stereocenters. The lowest BCUT2D eigenvalue weighted by molar-refractivity contribution is -0.143. The van der Waals surface area contributed by atoms with Gasteiger partial charge in [-0.1, -0.05) is 13.8 Å². The number of carbonyl (C=O) groups excluding carboxylic acids is 1. The van der Waals surface area contributed by atoms with Crippen molar-refractivity contribution in [2.45, 2.75) is 58.2 Å². The van der Waals surface area contributed by atoms with E-state index in [9.17, 15) is 4.79 Å². The van der Waals surface area contributed by atoms with E-state index in [4.69, 9.17) is 4.74 Å². The summed E-state index contributed by atoms with van der Waals surface area (Å²) in [5.74, 6) is 0.709. The quantitative estimate of drug-likeness (QED) is 0.671. The Morgan fingerprint density at radius 3 is 2.44 bits per heavy atom. The second kappa shape index (κ2) is 7.10. The Bertz CT molecular complexity index is 265. The Hall–Kier alpha value is -0.610. The van der Waals surface area contributed by atoms with Crippen LogP contribution in [0.4, 0.5) is 0 Å². The number of carbonyl (C=O) groups is 1. The normalized spacial score (nSPS) is 19.1. The Kier molecular flexibility index (Phi) is 6.09. The summed E-state index contributed by atoms with van der Waals surface area (Å²) in [5.41, 5.74) is 0. The molecule has 2 unspecified atom stereocenters. The van der Waals surface area contributed by atoms with Crippen molar-refractivity contribution < 1.29 is 9.53 Å². The van der Waals surface area contributed by atoms with Crippen molar-refractivity contribution in [3.63, 3.8) is 0 Å². The maximum Gasteiger partial charge on any atom is 0.322 e. The first-order valence-corrected chi connectivity index (χ1v) is 6.99. The number of rotatable bonds is 8. The minimum atomic E-state index is -0.191. The molecule has 4 nitrogen and oxygen atoms in total. The van der Waals surface area contributed by atoms with Crippen LogP contribution >= 0.6 is 0 Å². The van der Waals surface area contributed by atoms with E-state index in [0.717, 1.165) is 18.9 Å². The van der Waals surface area contributed by atoms with Crippen LogP contribution in [0.25, 0.3) is 0 Å². The van der Waals surface area contributed by atoms with Crippen LogP contribution in [0.15, 0.2) is 0 Å². The highest BCUT2D eigenvalue weighted by Gasteiger charge is 2.31. The Morgan fingerprint density at radius 2 is 2.00 bits per heavy atom. The van der Waals surface area contributed by atoms with Crippen LogP contribution in [0.2, 0.25) is 0 Å². The molecule has 0 radical (unpaired) electrons. The van der Waals surface area contributed by atoms with E-state index in [1.165, 1.54) is 20.0 Å².